The van der Waals surface area contributed by atoms with Crippen molar-refractivity contribution < 1.29 is 13.5 Å². The SMILES string of the molecule is C[C@]1(O)CCC[C@@H]1n1c(=O)ccc2cnc(NC3CCN(S(=O)(=O)CC4CC4)CC3)nc21. The molecule has 32 heavy (non-hydrogen) atoms. The van der Waals surface area contributed by atoms with Gasteiger partial charge in [0.05, 0.1) is 17.4 Å². The van der Waals surface area contributed by atoms with E-state index in [1.54, 1.807) is 28.1 Å². The van der Waals surface area contributed by atoms with Crippen molar-refractivity contribution in [1.29, 1.82) is 0 Å². The molecule has 2 atom stereocenters. The van der Waals surface area contributed by atoms with E-state index in [-0.39, 0.29) is 23.4 Å². The second kappa shape index (κ2) is 8.07. The van der Waals surface area contributed by atoms with Crippen molar-refractivity contribution in [2.75, 3.05) is 24.2 Å². The zero-order valence-corrected chi connectivity index (χ0v) is 19.2. The molecule has 3 fully saturated rings. The Hall–Kier alpha value is -2.04. The van der Waals surface area contributed by atoms with Crippen LogP contribution in [0.3, 0.4) is 0 Å². The van der Waals surface area contributed by atoms with Gasteiger partial charge < -0.3 is 10.4 Å². The summed E-state index contributed by atoms with van der Waals surface area (Å²) in [6.07, 6.45) is 7.36. The third-order valence-corrected chi connectivity index (χ3v) is 9.23. The van der Waals surface area contributed by atoms with E-state index in [1.807, 2.05) is 0 Å². The Morgan fingerprint density at radius 2 is 1.94 bits per heavy atom. The molecule has 1 aliphatic heterocycles. The third kappa shape index (κ3) is 4.27. The average molecular weight is 462 g/mol. The van der Waals surface area contributed by atoms with Crippen LogP contribution < -0.4 is 10.9 Å². The fourth-order valence-electron chi connectivity index (χ4n) is 5.10. The molecule has 2 N–H and O–H groups in total. The molecule has 0 spiro atoms. The highest BCUT2D eigenvalue weighted by Crippen LogP contribution is 2.39. The zero-order chi connectivity index (χ0) is 22.5. The molecule has 0 aromatic carbocycles. The van der Waals surface area contributed by atoms with Crippen molar-refractivity contribution in [1.82, 2.24) is 18.8 Å². The Bertz CT molecular complexity index is 1170. The summed E-state index contributed by atoms with van der Waals surface area (Å²) in [7, 11) is -3.16. The summed E-state index contributed by atoms with van der Waals surface area (Å²) in [4.78, 5) is 21.8. The number of anilines is 1. The number of hydrogen-bond donors (Lipinski definition) is 2. The van der Waals surface area contributed by atoms with Gasteiger partial charge in [-0.05, 0) is 63.9 Å². The Kier molecular flexibility index (Phi) is 5.50. The molecule has 174 valence electrons. The number of sulfonamides is 1. The molecule has 2 saturated carbocycles. The molecule has 3 aliphatic rings. The van der Waals surface area contributed by atoms with Gasteiger partial charge in [0, 0.05) is 36.8 Å². The first-order valence-corrected chi connectivity index (χ1v) is 13.2. The van der Waals surface area contributed by atoms with Gasteiger partial charge in [-0.3, -0.25) is 9.36 Å². The van der Waals surface area contributed by atoms with Gasteiger partial charge in [-0.25, -0.2) is 17.7 Å². The summed E-state index contributed by atoms with van der Waals surface area (Å²) >= 11 is 0. The number of pyridine rings is 1. The van der Waals surface area contributed by atoms with E-state index in [1.165, 1.54) is 6.07 Å². The van der Waals surface area contributed by atoms with Crippen LogP contribution in [-0.4, -0.2) is 62.8 Å². The molecule has 1 saturated heterocycles. The highest BCUT2D eigenvalue weighted by molar-refractivity contribution is 7.89. The fraction of sp³-hybridized carbons (Fsp3) is 0.682. The number of nitrogens with zero attached hydrogens (tertiary/aromatic N) is 4. The van der Waals surface area contributed by atoms with Crippen molar-refractivity contribution in [3.8, 4) is 0 Å². The minimum atomic E-state index is -3.16. The van der Waals surface area contributed by atoms with Gasteiger partial charge in [-0.1, -0.05) is 0 Å². The van der Waals surface area contributed by atoms with Crippen LogP contribution in [0.15, 0.2) is 23.1 Å². The predicted molar refractivity (Wildman–Crippen MR) is 122 cm³/mol. The molecule has 0 amide bonds. The maximum atomic E-state index is 12.7. The smallest absolute Gasteiger partial charge is 0.252 e. The van der Waals surface area contributed by atoms with Gasteiger partial charge in [0.2, 0.25) is 16.0 Å². The normalized spacial score (nSPS) is 27.8. The standard InChI is InChI=1S/C22H31N5O4S/c1-22(29)10-2-3-18(22)27-19(28)7-6-16-13-23-21(25-20(16)27)24-17-8-11-26(12-9-17)32(30,31)14-15-4-5-15/h6-7,13,15,17-18,29H,2-5,8-12,14H2,1H3,(H,23,24,25)/t18-,22-/m0/s1. The highest BCUT2D eigenvalue weighted by atomic mass is 32.2. The van der Waals surface area contributed by atoms with E-state index in [0.29, 0.717) is 49.9 Å². The van der Waals surface area contributed by atoms with Crippen LogP contribution in [0.25, 0.3) is 11.0 Å². The lowest BCUT2D eigenvalue weighted by atomic mass is 10.00. The molecule has 10 heteroatoms. The van der Waals surface area contributed by atoms with Gasteiger partial charge in [0.15, 0.2) is 0 Å². The van der Waals surface area contributed by atoms with Crippen LogP contribution >= 0.6 is 0 Å². The second-order valence-electron chi connectivity index (χ2n) is 9.82. The van der Waals surface area contributed by atoms with Crippen LogP contribution in [0.4, 0.5) is 5.95 Å². The number of piperidine rings is 1. The molecular weight excluding hydrogens is 430 g/mol. The summed E-state index contributed by atoms with van der Waals surface area (Å²) in [5, 5.41) is 14.9. The van der Waals surface area contributed by atoms with Gasteiger partial charge in [0.1, 0.15) is 5.65 Å². The lowest BCUT2D eigenvalue weighted by Crippen LogP contribution is -2.43. The number of nitrogens with one attached hydrogen (secondary N) is 1. The highest BCUT2D eigenvalue weighted by Gasteiger charge is 2.39. The minimum absolute atomic E-state index is 0.0679. The molecule has 2 aromatic rings. The third-order valence-electron chi connectivity index (χ3n) is 7.18. The number of aliphatic hydroxyl groups is 1. The first kappa shape index (κ1) is 21.8. The summed E-state index contributed by atoms with van der Waals surface area (Å²) in [5.41, 5.74) is -0.606. The maximum Gasteiger partial charge on any atom is 0.252 e. The molecule has 2 aliphatic carbocycles. The van der Waals surface area contributed by atoms with Crippen molar-refractivity contribution in [2.45, 2.75) is 69.6 Å². The zero-order valence-electron chi connectivity index (χ0n) is 18.4. The number of rotatable bonds is 6. The molecule has 0 unspecified atom stereocenters. The predicted octanol–water partition coefficient (Wildman–Crippen LogP) is 1.88. The summed E-state index contributed by atoms with van der Waals surface area (Å²) < 4.78 is 28.3. The first-order valence-electron chi connectivity index (χ1n) is 11.6. The average Bonchev–Trinajstić information content (AvgIpc) is 3.48. The maximum absolute atomic E-state index is 12.7. The molecule has 0 radical (unpaired) electrons. The van der Waals surface area contributed by atoms with Crippen LogP contribution in [-0.2, 0) is 10.0 Å². The molecule has 0 bridgehead atoms. The Balaban J connectivity index is 1.33. The number of aromatic nitrogens is 3. The molecular formula is C22H31N5O4S. The Labute approximate surface area is 187 Å². The van der Waals surface area contributed by atoms with Gasteiger partial charge in [0.25, 0.3) is 5.56 Å². The van der Waals surface area contributed by atoms with Crippen molar-refractivity contribution in [3.05, 3.63) is 28.7 Å². The minimum Gasteiger partial charge on any atom is -0.388 e. The monoisotopic (exact) mass is 461 g/mol. The quantitative estimate of drug-likeness (QED) is 0.674. The lowest BCUT2D eigenvalue weighted by molar-refractivity contribution is 0.0267. The van der Waals surface area contributed by atoms with Crippen LogP contribution in [0, 0.1) is 5.92 Å². The van der Waals surface area contributed by atoms with E-state index in [0.717, 1.165) is 31.1 Å². The Morgan fingerprint density at radius 3 is 2.59 bits per heavy atom. The molecule has 2 aromatic heterocycles. The van der Waals surface area contributed by atoms with Crippen molar-refractivity contribution in [3.63, 3.8) is 0 Å². The summed E-state index contributed by atoms with van der Waals surface area (Å²) in [6, 6.07) is 2.97. The number of hydrogen-bond acceptors (Lipinski definition) is 7. The van der Waals surface area contributed by atoms with E-state index in [9.17, 15) is 18.3 Å². The van der Waals surface area contributed by atoms with Crippen molar-refractivity contribution >= 4 is 27.0 Å². The molecule has 3 heterocycles. The first-order chi connectivity index (χ1) is 15.2. The van der Waals surface area contributed by atoms with E-state index >= 15 is 0 Å². The molecule has 5 rings (SSSR count). The van der Waals surface area contributed by atoms with Gasteiger partial charge in [-0.2, -0.15) is 4.98 Å². The number of fused-ring (bicyclic) bond motifs is 1. The topological polar surface area (TPSA) is 117 Å². The van der Waals surface area contributed by atoms with E-state index < -0.39 is 15.6 Å². The largest absolute Gasteiger partial charge is 0.388 e. The van der Waals surface area contributed by atoms with Crippen LogP contribution in [0.2, 0.25) is 0 Å². The van der Waals surface area contributed by atoms with Gasteiger partial charge in [-0.15, -0.1) is 0 Å². The van der Waals surface area contributed by atoms with Crippen molar-refractivity contribution in [2.24, 2.45) is 5.92 Å². The summed E-state index contributed by atoms with van der Waals surface area (Å²) in [5.74, 6) is 1.05. The Morgan fingerprint density at radius 1 is 1.19 bits per heavy atom. The lowest BCUT2D eigenvalue weighted by Gasteiger charge is -2.32. The van der Waals surface area contributed by atoms with Gasteiger partial charge >= 0.3 is 0 Å². The molecule has 9 nitrogen and oxygen atoms in total. The second-order valence-corrected chi connectivity index (χ2v) is 11.8. The summed E-state index contributed by atoms with van der Waals surface area (Å²) in [6.45, 7) is 2.77. The van der Waals surface area contributed by atoms with Crippen LogP contribution in [0.5, 0.6) is 0 Å². The fourth-order valence-corrected chi connectivity index (χ4v) is 7.00. The van der Waals surface area contributed by atoms with E-state index in [2.05, 4.69) is 15.3 Å². The van der Waals surface area contributed by atoms with E-state index in [4.69, 9.17) is 0 Å². The van der Waals surface area contributed by atoms with Crippen LogP contribution in [0.1, 0.15) is 57.9 Å².